The Bertz CT molecular complexity index is 375. The highest BCUT2D eigenvalue weighted by atomic mass is 14.0. The summed E-state index contributed by atoms with van der Waals surface area (Å²) in [6.45, 7) is 6.14. The summed E-state index contributed by atoms with van der Waals surface area (Å²) in [5.74, 6) is 6.47. The van der Waals surface area contributed by atoms with Crippen LogP contribution in [0.25, 0.3) is 0 Å². The lowest BCUT2D eigenvalue weighted by Crippen LogP contribution is -1.80. The standard InChI is InChI=1S/C19H27/c1-3-4-5-6-7-8-9-10-11-12-13-19-16-14-18(2)15-17-19/h14-17H,2-11H2,1H3. The third-order valence-corrected chi connectivity index (χ3v) is 3.34. The van der Waals surface area contributed by atoms with Crippen LogP contribution in [0.1, 0.15) is 75.8 Å². The fraction of sp³-hybridized carbons (Fsp3) is 0.526. The van der Waals surface area contributed by atoms with E-state index in [0.29, 0.717) is 0 Å². The molecule has 0 saturated heterocycles. The average molecular weight is 255 g/mol. The molecule has 0 bridgehead atoms. The van der Waals surface area contributed by atoms with E-state index in [9.17, 15) is 0 Å². The molecule has 0 aliphatic rings. The van der Waals surface area contributed by atoms with Gasteiger partial charge in [-0.3, -0.25) is 0 Å². The molecule has 0 heterocycles. The van der Waals surface area contributed by atoms with Gasteiger partial charge in [0.2, 0.25) is 0 Å². The Labute approximate surface area is 119 Å². The van der Waals surface area contributed by atoms with Gasteiger partial charge in [-0.2, -0.15) is 0 Å². The average Bonchev–Trinajstić information content (AvgIpc) is 2.43. The van der Waals surface area contributed by atoms with Crippen molar-refractivity contribution in [2.45, 2.75) is 64.7 Å². The zero-order chi connectivity index (χ0) is 13.8. The van der Waals surface area contributed by atoms with E-state index < -0.39 is 0 Å². The molecule has 0 nitrogen and oxygen atoms in total. The zero-order valence-corrected chi connectivity index (χ0v) is 12.4. The lowest BCUT2D eigenvalue weighted by atomic mass is 10.1. The summed E-state index contributed by atoms with van der Waals surface area (Å²) in [4.78, 5) is 0. The molecule has 0 aromatic heterocycles. The van der Waals surface area contributed by atoms with Crippen LogP contribution in [-0.2, 0) is 0 Å². The van der Waals surface area contributed by atoms with Gasteiger partial charge in [0.1, 0.15) is 0 Å². The number of unbranched alkanes of at least 4 members (excludes halogenated alkanes) is 8. The third kappa shape index (κ3) is 8.49. The first-order valence-electron chi connectivity index (χ1n) is 7.74. The minimum atomic E-state index is 1.03. The Morgan fingerprint density at radius 3 is 2.05 bits per heavy atom. The largest absolute Gasteiger partial charge is 0.0979 e. The van der Waals surface area contributed by atoms with Gasteiger partial charge < -0.3 is 0 Å². The lowest BCUT2D eigenvalue weighted by Gasteiger charge is -1.99. The van der Waals surface area contributed by atoms with E-state index in [2.05, 4.69) is 25.7 Å². The molecule has 1 aromatic carbocycles. The molecular weight excluding hydrogens is 228 g/mol. The van der Waals surface area contributed by atoms with E-state index in [4.69, 9.17) is 0 Å². The second-order valence-corrected chi connectivity index (χ2v) is 5.22. The van der Waals surface area contributed by atoms with Crippen LogP contribution in [0.5, 0.6) is 0 Å². The van der Waals surface area contributed by atoms with Gasteiger partial charge in [-0.05, 0) is 31.0 Å². The molecule has 1 rings (SSSR count). The van der Waals surface area contributed by atoms with E-state index in [-0.39, 0.29) is 0 Å². The van der Waals surface area contributed by atoms with Crippen LogP contribution in [0, 0.1) is 18.8 Å². The molecule has 0 N–H and O–H groups in total. The molecule has 0 spiro atoms. The van der Waals surface area contributed by atoms with E-state index >= 15 is 0 Å². The summed E-state index contributed by atoms with van der Waals surface area (Å²) in [6.07, 6.45) is 12.0. The van der Waals surface area contributed by atoms with Gasteiger partial charge in [0, 0.05) is 12.0 Å². The second kappa shape index (κ2) is 10.7. The van der Waals surface area contributed by atoms with Gasteiger partial charge in [0.05, 0.1) is 0 Å². The Hall–Kier alpha value is -1.22. The van der Waals surface area contributed by atoms with Gasteiger partial charge in [0.25, 0.3) is 0 Å². The van der Waals surface area contributed by atoms with Crippen molar-refractivity contribution >= 4 is 0 Å². The van der Waals surface area contributed by atoms with E-state index in [1.807, 2.05) is 24.3 Å². The van der Waals surface area contributed by atoms with Crippen LogP contribution in [-0.4, -0.2) is 0 Å². The first kappa shape index (κ1) is 15.8. The fourth-order valence-electron chi connectivity index (χ4n) is 2.10. The molecule has 1 aromatic rings. The summed E-state index contributed by atoms with van der Waals surface area (Å²) in [6, 6.07) is 8.12. The number of benzene rings is 1. The molecule has 0 heteroatoms. The fourth-order valence-corrected chi connectivity index (χ4v) is 2.10. The van der Waals surface area contributed by atoms with Crippen molar-refractivity contribution in [3.05, 3.63) is 42.3 Å². The van der Waals surface area contributed by atoms with E-state index in [1.54, 1.807) is 0 Å². The topological polar surface area (TPSA) is 0 Å². The van der Waals surface area contributed by atoms with Crippen molar-refractivity contribution in [3.63, 3.8) is 0 Å². The van der Waals surface area contributed by atoms with Crippen molar-refractivity contribution in [3.8, 4) is 11.8 Å². The van der Waals surface area contributed by atoms with Crippen LogP contribution in [0.4, 0.5) is 0 Å². The highest BCUT2D eigenvalue weighted by Crippen LogP contribution is 2.09. The van der Waals surface area contributed by atoms with Gasteiger partial charge in [-0.25, -0.2) is 0 Å². The molecule has 103 valence electrons. The Morgan fingerprint density at radius 2 is 1.42 bits per heavy atom. The maximum Gasteiger partial charge on any atom is 0.0245 e. The first-order chi connectivity index (χ1) is 9.33. The summed E-state index contributed by atoms with van der Waals surface area (Å²) in [5, 5.41) is 0. The number of rotatable bonds is 8. The monoisotopic (exact) mass is 255 g/mol. The molecular formula is C19H27. The third-order valence-electron chi connectivity index (χ3n) is 3.34. The molecule has 0 amide bonds. The summed E-state index contributed by atoms with van der Waals surface area (Å²) >= 11 is 0. The number of hydrogen-bond donors (Lipinski definition) is 0. The predicted octanol–water partition coefficient (Wildman–Crippen LogP) is 5.75. The smallest absolute Gasteiger partial charge is 0.0245 e. The van der Waals surface area contributed by atoms with Gasteiger partial charge in [-0.15, -0.1) is 0 Å². The normalized spacial score (nSPS) is 10.0. The Morgan fingerprint density at radius 1 is 0.842 bits per heavy atom. The molecule has 0 unspecified atom stereocenters. The SMILES string of the molecule is [CH2]c1ccc(C#CCCCCCCCCCC)cc1. The molecule has 0 fully saturated rings. The van der Waals surface area contributed by atoms with Crippen molar-refractivity contribution < 1.29 is 0 Å². The highest BCUT2D eigenvalue weighted by molar-refractivity contribution is 5.36. The van der Waals surface area contributed by atoms with Crippen molar-refractivity contribution in [1.29, 1.82) is 0 Å². The van der Waals surface area contributed by atoms with Crippen LogP contribution >= 0.6 is 0 Å². The highest BCUT2D eigenvalue weighted by Gasteiger charge is 1.90. The summed E-state index contributed by atoms with van der Waals surface area (Å²) in [5.41, 5.74) is 2.15. The Balaban J connectivity index is 2.00. The van der Waals surface area contributed by atoms with Crippen LogP contribution in [0.2, 0.25) is 0 Å². The second-order valence-electron chi connectivity index (χ2n) is 5.22. The minimum absolute atomic E-state index is 1.03. The molecule has 0 atom stereocenters. The molecule has 0 saturated carbocycles. The molecule has 19 heavy (non-hydrogen) atoms. The molecule has 0 aliphatic heterocycles. The lowest BCUT2D eigenvalue weighted by molar-refractivity contribution is 0.579. The maximum atomic E-state index is 3.87. The van der Waals surface area contributed by atoms with Gasteiger partial charge in [0.15, 0.2) is 0 Å². The maximum absolute atomic E-state index is 3.87. The van der Waals surface area contributed by atoms with Gasteiger partial charge >= 0.3 is 0 Å². The van der Waals surface area contributed by atoms with Crippen molar-refractivity contribution in [2.75, 3.05) is 0 Å². The van der Waals surface area contributed by atoms with Gasteiger partial charge in [-0.1, -0.05) is 75.8 Å². The quantitative estimate of drug-likeness (QED) is 0.410. The van der Waals surface area contributed by atoms with Crippen molar-refractivity contribution in [1.82, 2.24) is 0 Å². The van der Waals surface area contributed by atoms with Crippen LogP contribution in [0.15, 0.2) is 24.3 Å². The Kier molecular flexibility index (Phi) is 8.90. The molecule has 1 radical (unpaired) electrons. The predicted molar refractivity (Wildman–Crippen MR) is 85.0 cm³/mol. The summed E-state index contributed by atoms with van der Waals surface area (Å²) < 4.78 is 0. The minimum Gasteiger partial charge on any atom is -0.0979 e. The first-order valence-corrected chi connectivity index (χ1v) is 7.74. The molecule has 0 aliphatic carbocycles. The van der Waals surface area contributed by atoms with Crippen LogP contribution in [0.3, 0.4) is 0 Å². The zero-order valence-electron chi connectivity index (χ0n) is 12.4. The van der Waals surface area contributed by atoms with Crippen LogP contribution < -0.4 is 0 Å². The van der Waals surface area contributed by atoms with E-state index in [0.717, 1.165) is 17.5 Å². The van der Waals surface area contributed by atoms with E-state index in [1.165, 1.54) is 51.4 Å². The van der Waals surface area contributed by atoms with Crippen molar-refractivity contribution in [2.24, 2.45) is 0 Å². The number of hydrogen-bond acceptors (Lipinski definition) is 0. The summed E-state index contributed by atoms with van der Waals surface area (Å²) in [7, 11) is 0.